The topological polar surface area (TPSA) is 9.23 Å². The number of alkyl halides is 1. The molecule has 0 atom stereocenters. The summed E-state index contributed by atoms with van der Waals surface area (Å²) in [5.74, 6) is 0. The third kappa shape index (κ3) is 4.47. The number of hydrogen-bond acceptors (Lipinski definition) is 1. The van der Waals surface area contributed by atoms with E-state index in [1.165, 1.54) is 0 Å². The van der Waals surface area contributed by atoms with Gasteiger partial charge in [-0.05, 0) is 0 Å². The van der Waals surface area contributed by atoms with Gasteiger partial charge in [-0.3, -0.25) is 0 Å². The fourth-order valence-electron chi connectivity index (χ4n) is 0.0630. The Hall–Kier alpha value is 0.467. The van der Waals surface area contributed by atoms with Gasteiger partial charge in [-0.25, -0.2) is 0 Å². The first-order valence-corrected chi connectivity index (χ1v) is 3.14. The van der Waals surface area contributed by atoms with Crippen molar-refractivity contribution in [3.8, 4) is 0 Å². The largest absolute Gasteiger partial charge is 0.423 e. The van der Waals surface area contributed by atoms with Crippen molar-refractivity contribution in [3.05, 3.63) is 0 Å². The van der Waals surface area contributed by atoms with E-state index in [1.807, 2.05) is 0 Å². The first kappa shape index (κ1) is 5.47. The van der Waals surface area contributed by atoms with E-state index in [1.54, 1.807) is 7.11 Å². The lowest BCUT2D eigenvalue weighted by atomic mass is 11.8. The van der Waals surface area contributed by atoms with Gasteiger partial charge in [-0.15, -0.1) is 11.6 Å². The molecule has 0 heterocycles. The minimum Gasteiger partial charge on any atom is -0.423 e. The molecule has 0 aromatic rings. The van der Waals surface area contributed by atoms with E-state index in [4.69, 9.17) is 11.6 Å². The number of halogens is 1. The summed E-state index contributed by atoms with van der Waals surface area (Å²) in [5, 5.41) is 0. The highest BCUT2D eigenvalue weighted by molar-refractivity contribution is 6.45. The van der Waals surface area contributed by atoms with E-state index in [-0.39, 0.29) is 9.76 Å². The van der Waals surface area contributed by atoms with Crippen LogP contribution in [0.15, 0.2) is 0 Å². The van der Waals surface area contributed by atoms with Crippen LogP contribution in [0.4, 0.5) is 0 Å². The molecule has 3 heteroatoms. The van der Waals surface area contributed by atoms with Crippen LogP contribution in [0.25, 0.3) is 0 Å². The van der Waals surface area contributed by atoms with Gasteiger partial charge < -0.3 is 4.43 Å². The van der Waals surface area contributed by atoms with Crippen molar-refractivity contribution in [3.63, 3.8) is 0 Å². The van der Waals surface area contributed by atoms with Crippen molar-refractivity contribution >= 4 is 21.4 Å². The molecule has 5 heavy (non-hydrogen) atoms. The molecule has 0 aliphatic heterocycles. The summed E-state index contributed by atoms with van der Waals surface area (Å²) in [6, 6.07) is 0. The number of rotatable bonds is 2. The molecule has 0 aromatic heterocycles. The van der Waals surface area contributed by atoms with Gasteiger partial charge in [-0.1, -0.05) is 0 Å². The summed E-state index contributed by atoms with van der Waals surface area (Å²) in [5.41, 5.74) is 0.677. The van der Waals surface area contributed by atoms with Crippen LogP contribution in [0.3, 0.4) is 0 Å². The first-order valence-electron chi connectivity index (χ1n) is 1.32. The first-order chi connectivity index (χ1) is 2.41. The quantitative estimate of drug-likeness (QED) is 0.363. The highest BCUT2D eigenvalue weighted by Gasteiger charge is 1.72. The lowest BCUT2D eigenvalue weighted by Crippen LogP contribution is -1.92. The molecular formula is C2H6ClOSi. The van der Waals surface area contributed by atoms with Gasteiger partial charge in [0, 0.05) is 12.6 Å². The van der Waals surface area contributed by atoms with Crippen molar-refractivity contribution in [2.45, 2.75) is 0 Å². The normalized spacial score (nSPS) is 8.40. The van der Waals surface area contributed by atoms with Crippen LogP contribution in [0.2, 0.25) is 0 Å². The monoisotopic (exact) mass is 109 g/mol. The maximum atomic E-state index is 5.21. The molecular weight excluding hydrogens is 104 g/mol. The summed E-state index contributed by atoms with van der Waals surface area (Å²) >= 11 is 5.21. The van der Waals surface area contributed by atoms with Crippen molar-refractivity contribution in [1.29, 1.82) is 0 Å². The standard InChI is InChI=1S/C2H6ClOSi/c1-4-5-2-3/h5H,2H2,1H3. The van der Waals surface area contributed by atoms with Crippen LogP contribution < -0.4 is 0 Å². The van der Waals surface area contributed by atoms with E-state index in [0.29, 0.717) is 5.50 Å². The maximum absolute atomic E-state index is 5.21. The molecule has 0 saturated carbocycles. The maximum Gasteiger partial charge on any atom is 0.208 e. The highest BCUT2D eigenvalue weighted by Crippen LogP contribution is 1.66. The zero-order valence-electron chi connectivity index (χ0n) is 3.07. The van der Waals surface area contributed by atoms with E-state index in [0.717, 1.165) is 0 Å². The van der Waals surface area contributed by atoms with Crippen LogP contribution in [-0.2, 0) is 4.43 Å². The minimum atomic E-state index is 0.0802. The molecule has 0 spiro atoms. The van der Waals surface area contributed by atoms with Crippen molar-refractivity contribution in [2.24, 2.45) is 0 Å². The molecule has 0 saturated heterocycles. The SMILES string of the molecule is CO[SiH]CCl. The zero-order valence-corrected chi connectivity index (χ0v) is 4.98. The summed E-state index contributed by atoms with van der Waals surface area (Å²) in [4.78, 5) is 0. The Morgan fingerprint density at radius 1 is 2.00 bits per heavy atom. The second kappa shape index (κ2) is 4.47. The Balaban J connectivity index is 2.19. The van der Waals surface area contributed by atoms with Gasteiger partial charge in [0.1, 0.15) is 0 Å². The summed E-state index contributed by atoms with van der Waals surface area (Å²) in [6.45, 7) is 0. The van der Waals surface area contributed by atoms with Crippen LogP contribution in [0.1, 0.15) is 0 Å². The van der Waals surface area contributed by atoms with E-state index < -0.39 is 0 Å². The highest BCUT2D eigenvalue weighted by atomic mass is 35.5. The van der Waals surface area contributed by atoms with Gasteiger partial charge >= 0.3 is 0 Å². The van der Waals surface area contributed by atoms with E-state index >= 15 is 0 Å². The third-order valence-corrected chi connectivity index (χ3v) is 1.07. The lowest BCUT2D eigenvalue weighted by molar-refractivity contribution is 0.445. The fourth-order valence-corrected chi connectivity index (χ4v) is 0.567. The van der Waals surface area contributed by atoms with Gasteiger partial charge in [0.2, 0.25) is 9.76 Å². The summed E-state index contributed by atoms with van der Waals surface area (Å²) in [6.07, 6.45) is 0. The minimum absolute atomic E-state index is 0.0802. The summed E-state index contributed by atoms with van der Waals surface area (Å²) in [7, 11) is 1.74. The van der Waals surface area contributed by atoms with Crippen LogP contribution in [0, 0.1) is 0 Å². The average molecular weight is 110 g/mol. The second-order valence-electron chi connectivity index (χ2n) is 0.557. The Bertz CT molecular complexity index is 17.1. The van der Waals surface area contributed by atoms with Gasteiger partial charge in [0.25, 0.3) is 0 Å². The van der Waals surface area contributed by atoms with Crippen LogP contribution in [-0.4, -0.2) is 22.4 Å². The molecule has 0 N–H and O–H groups in total. The molecule has 1 nitrogen and oxygen atoms in total. The molecule has 0 fully saturated rings. The zero-order chi connectivity index (χ0) is 4.12. The molecule has 0 rings (SSSR count). The van der Waals surface area contributed by atoms with E-state index in [2.05, 4.69) is 4.43 Å². The Morgan fingerprint density at radius 3 is 2.60 bits per heavy atom. The third-order valence-electron chi connectivity index (χ3n) is 0.230. The Morgan fingerprint density at radius 2 is 2.60 bits per heavy atom. The molecule has 0 bridgehead atoms. The van der Waals surface area contributed by atoms with Crippen molar-refractivity contribution in [2.75, 3.05) is 12.6 Å². The molecule has 1 radical (unpaired) electrons. The molecule has 0 aliphatic carbocycles. The second-order valence-corrected chi connectivity index (χ2v) is 2.60. The van der Waals surface area contributed by atoms with Crippen LogP contribution >= 0.6 is 11.6 Å². The predicted molar refractivity (Wildman–Crippen MR) is 24.9 cm³/mol. The average Bonchev–Trinajstić information content (AvgIpc) is 1.41. The smallest absolute Gasteiger partial charge is 0.208 e. The summed E-state index contributed by atoms with van der Waals surface area (Å²) < 4.78 is 4.64. The van der Waals surface area contributed by atoms with Crippen molar-refractivity contribution < 1.29 is 4.43 Å². The van der Waals surface area contributed by atoms with E-state index in [9.17, 15) is 0 Å². The lowest BCUT2D eigenvalue weighted by Gasteiger charge is -1.80. The Labute approximate surface area is 39.2 Å². The predicted octanol–water partition coefficient (Wildman–Crippen LogP) is 0.181. The molecule has 0 aliphatic rings. The fraction of sp³-hybridized carbons (Fsp3) is 1.00. The molecule has 0 aromatic carbocycles. The van der Waals surface area contributed by atoms with Crippen LogP contribution in [0.5, 0.6) is 0 Å². The van der Waals surface area contributed by atoms with Gasteiger partial charge in [0.15, 0.2) is 0 Å². The van der Waals surface area contributed by atoms with Gasteiger partial charge in [0.05, 0.1) is 0 Å². The molecule has 0 amide bonds. The number of hydrogen-bond donors (Lipinski definition) is 0. The van der Waals surface area contributed by atoms with Crippen molar-refractivity contribution in [1.82, 2.24) is 0 Å². The molecule has 31 valence electrons. The Kier molecular flexibility index (Phi) is 4.88. The van der Waals surface area contributed by atoms with Gasteiger partial charge in [-0.2, -0.15) is 0 Å². The molecule has 0 unspecified atom stereocenters.